The minimum absolute atomic E-state index is 0.0437. The van der Waals surface area contributed by atoms with Crippen LogP contribution in [0.15, 0.2) is 53.4 Å². The van der Waals surface area contributed by atoms with Gasteiger partial charge in [-0.15, -0.1) is 11.8 Å². The minimum Gasteiger partial charge on any atom is -0.370 e. The number of carbonyl (C=O) groups excluding carboxylic acids is 1. The third kappa shape index (κ3) is 4.29. The lowest BCUT2D eigenvalue weighted by Crippen LogP contribution is -2.21. The first kappa shape index (κ1) is 15.9. The van der Waals surface area contributed by atoms with Crippen molar-refractivity contribution in [3.63, 3.8) is 0 Å². The van der Waals surface area contributed by atoms with Gasteiger partial charge < -0.3 is 10.2 Å². The largest absolute Gasteiger partial charge is 0.370 e. The fraction of sp³-hybridized carbons (Fsp3) is 0.316. The fourth-order valence-corrected chi connectivity index (χ4v) is 3.48. The van der Waals surface area contributed by atoms with Crippen LogP contribution in [0.4, 0.5) is 11.4 Å². The fourth-order valence-electron chi connectivity index (χ4n) is 2.78. The number of nitrogens with zero attached hydrogens (tertiary/aromatic N) is 1. The normalized spacial score (nSPS) is 14.0. The first-order valence-electron chi connectivity index (χ1n) is 8.06. The van der Waals surface area contributed by atoms with Gasteiger partial charge in [-0.05, 0) is 44.0 Å². The SMILES string of the molecule is Cc1ccc(SCC(=O)Nc2ccccc2N2CCCC2)cc1. The zero-order valence-electron chi connectivity index (χ0n) is 13.4. The third-order valence-electron chi connectivity index (χ3n) is 4.02. The molecule has 0 saturated carbocycles. The number of hydrogen-bond donors (Lipinski definition) is 1. The number of hydrogen-bond acceptors (Lipinski definition) is 3. The van der Waals surface area contributed by atoms with Gasteiger partial charge in [-0.3, -0.25) is 4.79 Å². The summed E-state index contributed by atoms with van der Waals surface area (Å²) in [6.07, 6.45) is 2.46. The molecule has 0 bridgehead atoms. The van der Waals surface area contributed by atoms with E-state index in [1.807, 2.05) is 18.2 Å². The van der Waals surface area contributed by atoms with Crippen molar-refractivity contribution in [1.82, 2.24) is 0 Å². The molecule has 1 fully saturated rings. The quantitative estimate of drug-likeness (QED) is 0.830. The van der Waals surface area contributed by atoms with E-state index in [9.17, 15) is 4.79 Å². The lowest BCUT2D eigenvalue weighted by atomic mass is 10.2. The molecule has 1 saturated heterocycles. The van der Waals surface area contributed by atoms with Crippen LogP contribution in [0.25, 0.3) is 0 Å². The molecule has 23 heavy (non-hydrogen) atoms. The maximum absolute atomic E-state index is 12.3. The molecule has 3 rings (SSSR count). The second kappa shape index (κ2) is 7.55. The Labute approximate surface area is 142 Å². The molecule has 0 spiro atoms. The number of carbonyl (C=O) groups is 1. The molecule has 0 unspecified atom stereocenters. The maximum atomic E-state index is 12.3. The van der Waals surface area contributed by atoms with Gasteiger partial charge in [0.15, 0.2) is 0 Å². The van der Waals surface area contributed by atoms with Crippen molar-refractivity contribution >= 4 is 29.0 Å². The van der Waals surface area contributed by atoms with Crippen molar-refractivity contribution < 1.29 is 4.79 Å². The highest BCUT2D eigenvalue weighted by molar-refractivity contribution is 8.00. The van der Waals surface area contributed by atoms with Crippen molar-refractivity contribution in [2.45, 2.75) is 24.7 Å². The van der Waals surface area contributed by atoms with Crippen LogP contribution in [0.2, 0.25) is 0 Å². The second-order valence-corrected chi connectivity index (χ2v) is 6.91. The molecular weight excluding hydrogens is 304 g/mol. The molecule has 0 atom stereocenters. The summed E-state index contributed by atoms with van der Waals surface area (Å²) in [6, 6.07) is 16.4. The van der Waals surface area contributed by atoms with Gasteiger partial charge in [-0.25, -0.2) is 0 Å². The van der Waals surface area contributed by atoms with E-state index in [1.54, 1.807) is 11.8 Å². The molecule has 1 aliphatic rings. The number of nitrogens with one attached hydrogen (secondary N) is 1. The van der Waals surface area contributed by atoms with E-state index < -0.39 is 0 Å². The van der Waals surface area contributed by atoms with Crippen LogP contribution in [0.3, 0.4) is 0 Å². The Morgan fingerprint density at radius 2 is 1.78 bits per heavy atom. The summed E-state index contributed by atoms with van der Waals surface area (Å²) < 4.78 is 0. The number of rotatable bonds is 5. The average molecular weight is 326 g/mol. The Bertz CT molecular complexity index is 663. The molecular formula is C19H22N2OS. The summed E-state index contributed by atoms with van der Waals surface area (Å²) in [6.45, 7) is 4.21. The molecule has 4 heteroatoms. The molecule has 0 radical (unpaired) electrons. The highest BCUT2D eigenvalue weighted by Crippen LogP contribution is 2.29. The zero-order chi connectivity index (χ0) is 16.1. The topological polar surface area (TPSA) is 32.3 Å². The summed E-state index contributed by atoms with van der Waals surface area (Å²) in [5.74, 6) is 0.472. The molecule has 0 aromatic heterocycles. The van der Waals surface area contributed by atoms with Crippen LogP contribution in [0.5, 0.6) is 0 Å². The average Bonchev–Trinajstić information content (AvgIpc) is 3.09. The summed E-state index contributed by atoms with van der Waals surface area (Å²) in [4.78, 5) is 15.7. The molecule has 3 nitrogen and oxygen atoms in total. The van der Waals surface area contributed by atoms with Gasteiger partial charge >= 0.3 is 0 Å². The summed E-state index contributed by atoms with van der Waals surface area (Å²) in [7, 11) is 0. The number of anilines is 2. The molecule has 2 aromatic carbocycles. The number of aryl methyl sites for hydroxylation is 1. The number of amides is 1. The van der Waals surface area contributed by atoms with Crippen molar-refractivity contribution in [1.29, 1.82) is 0 Å². The molecule has 1 aliphatic heterocycles. The van der Waals surface area contributed by atoms with Crippen LogP contribution in [0.1, 0.15) is 18.4 Å². The summed E-state index contributed by atoms with van der Waals surface area (Å²) in [5, 5.41) is 3.07. The lowest BCUT2D eigenvalue weighted by Gasteiger charge is -2.21. The predicted molar refractivity (Wildman–Crippen MR) is 98.4 cm³/mol. The van der Waals surface area contributed by atoms with Crippen molar-refractivity contribution in [3.05, 3.63) is 54.1 Å². The predicted octanol–water partition coefficient (Wildman–Crippen LogP) is 4.33. The highest BCUT2D eigenvalue weighted by atomic mass is 32.2. The first-order chi connectivity index (χ1) is 11.2. The summed E-state index contributed by atoms with van der Waals surface area (Å²) >= 11 is 1.57. The van der Waals surface area contributed by atoms with Gasteiger partial charge in [-0.2, -0.15) is 0 Å². The zero-order valence-corrected chi connectivity index (χ0v) is 14.2. The Balaban J connectivity index is 1.60. The van der Waals surface area contributed by atoms with Crippen molar-refractivity contribution in [3.8, 4) is 0 Å². The maximum Gasteiger partial charge on any atom is 0.234 e. The van der Waals surface area contributed by atoms with Gasteiger partial charge in [0.25, 0.3) is 0 Å². The molecule has 0 aliphatic carbocycles. The number of thioether (sulfide) groups is 1. The standard InChI is InChI=1S/C19H22N2OS/c1-15-8-10-16(11-9-15)23-14-19(22)20-17-6-2-3-7-18(17)21-12-4-5-13-21/h2-3,6-11H,4-5,12-14H2,1H3,(H,20,22). The van der Waals surface area contributed by atoms with Gasteiger partial charge in [0.05, 0.1) is 17.1 Å². The Morgan fingerprint density at radius 3 is 2.52 bits per heavy atom. The monoisotopic (exact) mass is 326 g/mol. The van der Waals surface area contributed by atoms with Crippen LogP contribution >= 0.6 is 11.8 Å². The van der Waals surface area contributed by atoms with E-state index in [0.717, 1.165) is 29.4 Å². The Morgan fingerprint density at radius 1 is 1.09 bits per heavy atom. The van der Waals surface area contributed by atoms with Crippen LogP contribution in [-0.2, 0) is 4.79 Å². The summed E-state index contributed by atoms with van der Waals surface area (Å²) in [5.41, 5.74) is 3.29. The van der Waals surface area contributed by atoms with E-state index in [4.69, 9.17) is 0 Å². The van der Waals surface area contributed by atoms with Gasteiger partial charge in [0, 0.05) is 18.0 Å². The van der Waals surface area contributed by atoms with Crippen LogP contribution in [-0.4, -0.2) is 24.7 Å². The van der Waals surface area contributed by atoms with Gasteiger partial charge in [0.1, 0.15) is 0 Å². The van der Waals surface area contributed by atoms with Crippen molar-refractivity contribution in [2.75, 3.05) is 29.1 Å². The van der Waals surface area contributed by atoms with E-state index in [0.29, 0.717) is 5.75 Å². The molecule has 2 aromatic rings. The van der Waals surface area contributed by atoms with Crippen LogP contribution in [0, 0.1) is 6.92 Å². The number of benzene rings is 2. The third-order valence-corrected chi connectivity index (χ3v) is 5.03. The van der Waals surface area contributed by atoms with E-state index in [2.05, 4.69) is 47.5 Å². The van der Waals surface area contributed by atoms with E-state index in [-0.39, 0.29) is 5.91 Å². The Hall–Kier alpha value is -1.94. The Kier molecular flexibility index (Phi) is 5.23. The smallest absolute Gasteiger partial charge is 0.234 e. The first-order valence-corrected chi connectivity index (χ1v) is 9.04. The molecule has 1 amide bonds. The van der Waals surface area contributed by atoms with E-state index >= 15 is 0 Å². The highest BCUT2D eigenvalue weighted by Gasteiger charge is 2.16. The van der Waals surface area contributed by atoms with Crippen molar-refractivity contribution in [2.24, 2.45) is 0 Å². The number of para-hydroxylation sites is 2. The molecule has 1 N–H and O–H groups in total. The van der Waals surface area contributed by atoms with Gasteiger partial charge in [-0.1, -0.05) is 29.8 Å². The van der Waals surface area contributed by atoms with Crippen LogP contribution < -0.4 is 10.2 Å². The van der Waals surface area contributed by atoms with E-state index in [1.165, 1.54) is 18.4 Å². The van der Waals surface area contributed by atoms with Gasteiger partial charge in [0.2, 0.25) is 5.91 Å². The molecule has 1 heterocycles. The minimum atomic E-state index is 0.0437. The second-order valence-electron chi connectivity index (χ2n) is 5.86. The molecule has 120 valence electrons. The lowest BCUT2D eigenvalue weighted by molar-refractivity contribution is -0.113.